The first-order valence-corrected chi connectivity index (χ1v) is 12.7. The van der Waals surface area contributed by atoms with Crippen molar-refractivity contribution < 1.29 is 22.7 Å². The van der Waals surface area contributed by atoms with Crippen molar-refractivity contribution in [3.63, 3.8) is 0 Å². The molecule has 1 amide bonds. The van der Waals surface area contributed by atoms with E-state index < -0.39 is 10.0 Å². The lowest BCUT2D eigenvalue weighted by Gasteiger charge is -2.36. The number of carbonyl (C=O) groups is 2. The second-order valence-electron chi connectivity index (χ2n) is 8.78. The highest BCUT2D eigenvalue weighted by Gasteiger charge is 2.36. The Hall–Kier alpha value is -1.93. The van der Waals surface area contributed by atoms with Crippen LogP contribution in [0.25, 0.3) is 0 Å². The van der Waals surface area contributed by atoms with Crippen LogP contribution in [0, 0.1) is 11.8 Å². The molecule has 2 aliphatic rings. The van der Waals surface area contributed by atoms with E-state index in [0.717, 1.165) is 18.4 Å². The van der Waals surface area contributed by atoms with Crippen molar-refractivity contribution >= 4 is 21.9 Å². The molecule has 2 aliphatic heterocycles. The van der Waals surface area contributed by atoms with E-state index in [9.17, 15) is 18.0 Å². The number of sulfonamides is 1. The molecule has 1 atom stereocenters. The molecule has 2 fully saturated rings. The standard InChI is InChI=1S/C23H34N2O5S/c1-4-30-23(27)20-6-5-13-24(16-20)22(26)19-11-14-25(15-12-19)31(28,29)21-9-7-18(8-10-21)17(2)3/h7-10,17,19-20H,4-6,11-16H2,1-3H3. The molecule has 0 N–H and O–H groups in total. The van der Waals surface area contributed by atoms with E-state index in [1.165, 1.54) is 4.31 Å². The molecule has 0 saturated carbocycles. The van der Waals surface area contributed by atoms with Gasteiger partial charge in [0.25, 0.3) is 0 Å². The van der Waals surface area contributed by atoms with E-state index in [4.69, 9.17) is 4.74 Å². The number of likely N-dealkylation sites (tertiary alicyclic amines) is 1. The average Bonchev–Trinajstić information content (AvgIpc) is 2.79. The van der Waals surface area contributed by atoms with Gasteiger partial charge in [-0.15, -0.1) is 0 Å². The Bertz CT molecular complexity index is 874. The van der Waals surface area contributed by atoms with Crippen LogP contribution in [0.2, 0.25) is 0 Å². The van der Waals surface area contributed by atoms with Gasteiger partial charge in [0.15, 0.2) is 0 Å². The normalized spacial score (nSPS) is 21.3. The van der Waals surface area contributed by atoms with Gasteiger partial charge in [-0.1, -0.05) is 26.0 Å². The second-order valence-corrected chi connectivity index (χ2v) is 10.7. The minimum absolute atomic E-state index is 0.0346. The summed E-state index contributed by atoms with van der Waals surface area (Å²) in [6.07, 6.45) is 2.54. The smallest absolute Gasteiger partial charge is 0.310 e. The van der Waals surface area contributed by atoms with Crippen LogP contribution in [0.4, 0.5) is 0 Å². The molecule has 0 spiro atoms. The largest absolute Gasteiger partial charge is 0.466 e. The number of esters is 1. The van der Waals surface area contributed by atoms with Gasteiger partial charge in [-0.05, 0) is 56.2 Å². The summed E-state index contributed by atoms with van der Waals surface area (Å²) in [4.78, 5) is 27.1. The Labute approximate surface area is 185 Å². The lowest BCUT2D eigenvalue weighted by molar-refractivity contribution is -0.152. The monoisotopic (exact) mass is 450 g/mol. The summed E-state index contributed by atoms with van der Waals surface area (Å²) < 4.78 is 32.6. The van der Waals surface area contributed by atoms with Gasteiger partial charge in [-0.2, -0.15) is 4.31 Å². The molecular weight excluding hydrogens is 416 g/mol. The van der Waals surface area contributed by atoms with Gasteiger partial charge in [0.1, 0.15) is 0 Å². The number of amides is 1. The van der Waals surface area contributed by atoms with E-state index >= 15 is 0 Å². The maximum absolute atomic E-state index is 13.0. The Morgan fingerprint density at radius 2 is 1.68 bits per heavy atom. The summed E-state index contributed by atoms with van der Waals surface area (Å²) in [5, 5.41) is 0. The van der Waals surface area contributed by atoms with Gasteiger partial charge < -0.3 is 9.64 Å². The van der Waals surface area contributed by atoms with Crippen LogP contribution in [0.15, 0.2) is 29.2 Å². The number of carbonyl (C=O) groups excluding carboxylic acids is 2. The minimum atomic E-state index is -3.56. The molecule has 2 saturated heterocycles. The zero-order chi connectivity index (χ0) is 22.6. The van der Waals surface area contributed by atoms with Gasteiger partial charge in [-0.3, -0.25) is 9.59 Å². The number of benzene rings is 1. The molecule has 1 aromatic rings. The van der Waals surface area contributed by atoms with Crippen LogP contribution in [0.5, 0.6) is 0 Å². The number of rotatable bonds is 6. The van der Waals surface area contributed by atoms with Crippen LogP contribution >= 0.6 is 0 Å². The highest BCUT2D eigenvalue weighted by molar-refractivity contribution is 7.89. The first-order valence-electron chi connectivity index (χ1n) is 11.3. The molecule has 1 aromatic carbocycles. The molecule has 3 rings (SSSR count). The Balaban J connectivity index is 1.58. The van der Waals surface area contributed by atoms with Crippen molar-refractivity contribution in [2.75, 3.05) is 32.8 Å². The van der Waals surface area contributed by atoms with Crippen molar-refractivity contribution in [1.82, 2.24) is 9.21 Å². The third-order valence-corrected chi connectivity index (χ3v) is 8.25. The van der Waals surface area contributed by atoms with Crippen LogP contribution < -0.4 is 0 Å². The number of hydrogen-bond acceptors (Lipinski definition) is 5. The Morgan fingerprint density at radius 3 is 2.26 bits per heavy atom. The fourth-order valence-corrected chi connectivity index (χ4v) is 5.87. The van der Waals surface area contributed by atoms with Gasteiger partial charge in [0.05, 0.1) is 17.4 Å². The second kappa shape index (κ2) is 10.1. The summed E-state index contributed by atoms with van der Waals surface area (Å²) in [5.74, 6) is -0.309. The summed E-state index contributed by atoms with van der Waals surface area (Å²) >= 11 is 0. The summed E-state index contributed by atoms with van der Waals surface area (Å²) in [7, 11) is -3.56. The number of nitrogens with zero attached hydrogens (tertiary/aromatic N) is 2. The number of ether oxygens (including phenoxy) is 1. The van der Waals surface area contributed by atoms with E-state index in [0.29, 0.717) is 56.4 Å². The highest BCUT2D eigenvalue weighted by Crippen LogP contribution is 2.28. The number of piperidine rings is 2. The third kappa shape index (κ3) is 5.47. The van der Waals surface area contributed by atoms with E-state index in [1.54, 1.807) is 24.0 Å². The zero-order valence-electron chi connectivity index (χ0n) is 18.7. The van der Waals surface area contributed by atoms with Crippen LogP contribution in [0.3, 0.4) is 0 Å². The molecule has 31 heavy (non-hydrogen) atoms. The van der Waals surface area contributed by atoms with E-state index in [-0.39, 0.29) is 23.7 Å². The van der Waals surface area contributed by atoms with Crippen LogP contribution in [-0.2, 0) is 24.3 Å². The molecule has 7 nitrogen and oxygen atoms in total. The van der Waals surface area contributed by atoms with Crippen LogP contribution in [0.1, 0.15) is 57.9 Å². The van der Waals surface area contributed by atoms with Gasteiger partial charge in [0, 0.05) is 32.1 Å². The number of hydrogen-bond donors (Lipinski definition) is 0. The summed E-state index contributed by atoms with van der Waals surface area (Å²) in [6, 6.07) is 7.07. The fourth-order valence-electron chi connectivity index (χ4n) is 4.40. The predicted octanol–water partition coefficient (Wildman–Crippen LogP) is 3.01. The minimum Gasteiger partial charge on any atom is -0.466 e. The molecule has 0 aliphatic carbocycles. The Kier molecular flexibility index (Phi) is 7.75. The highest BCUT2D eigenvalue weighted by atomic mass is 32.2. The van der Waals surface area contributed by atoms with Crippen molar-refractivity contribution in [1.29, 1.82) is 0 Å². The molecule has 0 bridgehead atoms. The average molecular weight is 451 g/mol. The fraction of sp³-hybridized carbons (Fsp3) is 0.652. The topological polar surface area (TPSA) is 84.0 Å². The zero-order valence-corrected chi connectivity index (χ0v) is 19.6. The Morgan fingerprint density at radius 1 is 1.03 bits per heavy atom. The first kappa shape index (κ1) is 23.7. The van der Waals surface area contributed by atoms with Crippen molar-refractivity contribution in [3.8, 4) is 0 Å². The molecule has 2 heterocycles. The van der Waals surface area contributed by atoms with Crippen molar-refractivity contribution in [2.45, 2.75) is 57.3 Å². The third-order valence-electron chi connectivity index (χ3n) is 6.34. The predicted molar refractivity (Wildman–Crippen MR) is 118 cm³/mol. The van der Waals surface area contributed by atoms with Crippen LogP contribution in [-0.4, -0.2) is 62.3 Å². The quantitative estimate of drug-likeness (QED) is 0.622. The van der Waals surface area contributed by atoms with Gasteiger partial charge >= 0.3 is 5.97 Å². The molecular formula is C23H34N2O5S. The molecule has 172 valence electrons. The molecule has 0 aromatic heterocycles. The maximum Gasteiger partial charge on any atom is 0.310 e. The summed E-state index contributed by atoms with van der Waals surface area (Å²) in [5.41, 5.74) is 1.10. The molecule has 8 heteroatoms. The van der Waals surface area contributed by atoms with Crippen molar-refractivity contribution in [2.24, 2.45) is 11.8 Å². The maximum atomic E-state index is 13.0. The lowest BCUT2D eigenvalue weighted by Crippen LogP contribution is -2.48. The van der Waals surface area contributed by atoms with Crippen molar-refractivity contribution in [3.05, 3.63) is 29.8 Å². The first-order chi connectivity index (χ1) is 14.7. The lowest BCUT2D eigenvalue weighted by atomic mass is 9.93. The molecule has 1 unspecified atom stereocenters. The van der Waals surface area contributed by atoms with E-state index in [1.807, 2.05) is 12.1 Å². The summed E-state index contributed by atoms with van der Waals surface area (Å²) in [6.45, 7) is 7.99. The molecule has 0 radical (unpaired) electrons. The van der Waals surface area contributed by atoms with Gasteiger partial charge in [0.2, 0.25) is 15.9 Å². The SMILES string of the molecule is CCOC(=O)C1CCCN(C(=O)C2CCN(S(=O)(=O)c3ccc(C(C)C)cc3)CC2)C1. The van der Waals surface area contributed by atoms with E-state index in [2.05, 4.69) is 13.8 Å². The van der Waals surface area contributed by atoms with Gasteiger partial charge in [-0.25, -0.2) is 8.42 Å².